The SMILES string of the molecule is COP(=O)(O)N1CCC(Nc2nc3ccccc3n2Cc2ccc(F)cc2)CC1. The Morgan fingerprint density at radius 2 is 1.90 bits per heavy atom. The van der Waals surface area contributed by atoms with Crippen molar-refractivity contribution in [2.45, 2.75) is 25.4 Å². The molecule has 1 unspecified atom stereocenters. The number of rotatable bonds is 6. The van der Waals surface area contributed by atoms with Gasteiger partial charge in [-0.3, -0.25) is 0 Å². The number of anilines is 1. The van der Waals surface area contributed by atoms with E-state index in [4.69, 9.17) is 9.51 Å². The van der Waals surface area contributed by atoms with E-state index < -0.39 is 7.75 Å². The van der Waals surface area contributed by atoms with Crippen LogP contribution in [0.5, 0.6) is 0 Å². The van der Waals surface area contributed by atoms with Gasteiger partial charge in [0.1, 0.15) is 5.82 Å². The number of nitrogens with one attached hydrogen (secondary N) is 1. The molecule has 0 radical (unpaired) electrons. The lowest BCUT2D eigenvalue weighted by molar-refractivity contribution is 0.213. The van der Waals surface area contributed by atoms with Crippen LogP contribution in [0, 0.1) is 5.82 Å². The monoisotopic (exact) mass is 418 g/mol. The van der Waals surface area contributed by atoms with E-state index in [9.17, 15) is 13.8 Å². The van der Waals surface area contributed by atoms with Crippen LogP contribution < -0.4 is 5.32 Å². The smallest absolute Gasteiger partial charge is 0.353 e. The van der Waals surface area contributed by atoms with E-state index >= 15 is 0 Å². The number of piperidine rings is 1. The predicted octanol–water partition coefficient (Wildman–Crippen LogP) is 3.85. The molecular weight excluding hydrogens is 394 g/mol. The van der Waals surface area contributed by atoms with E-state index in [1.807, 2.05) is 24.3 Å². The Labute approximate surface area is 168 Å². The molecule has 2 N–H and O–H groups in total. The van der Waals surface area contributed by atoms with Gasteiger partial charge in [0.05, 0.1) is 17.6 Å². The second-order valence-corrected chi connectivity index (χ2v) is 9.09. The Balaban J connectivity index is 1.54. The highest BCUT2D eigenvalue weighted by Crippen LogP contribution is 2.46. The average molecular weight is 418 g/mol. The lowest BCUT2D eigenvalue weighted by atomic mass is 10.1. The maximum atomic E-state index is 13.3. The molecule has 0 saturated carbocycles. The molecule has 1 fully saturated rings. The molecule has 2 aromatic carbocycles. The van der Waals surface area contributed by atoms with E-state index in [-0.39, 0.29) is 11.9 Å². The molecule has 0 spiro atoms. The molecule has 3 aromatic rings. The first kappa shape index (κ1) is 20.0. The fourth-order valence-corrected chi connectivity index (χ4v) is 4.65. The molecule has 1 atom stereocenters. The summed E-state index contributed by atoms with van der Waals surface area (Å²) in [6.07, 6.45) is 1.40. The first-order chi connectivity index (χ1) is 14.0. The number of benzene rings is 2. The van der Waals surface area contributed by atoms with Crippen molar-refractivity contribution in [3.05, 3.63) is 59.9 Å². The molecular formula is C20H24FN4O3P. The number of hydrogen-bond donors (Lipinski definition) is 2. The van der Waals surface area contributed by atoms with Crippen LogP contribution in [0.15, 0.2) is 48.5 Å². The number of imidazole rings is 1. The van der Waals surface area contributed by atoms with Gasteiger partial charge >= 0.3 is 7.75 Å². The molecule has 1 aromatic heterocycles. The summed E-state index contributed by atoms with van der Waals surface area (Å²) in [6.45, 7) is 1.51. The van der Waals surface area contributed by atoms with E-state index in [0.717, 1.165) is 22.5 Å². The zero-order valence-electron chi connectivity index (χ0n) is 16.2. The quantitative estimate of drug-likeness (QED) is 0.592. The van der Waals surface area contributed by atoms with Crippen molar-refractivity contribution >= 4 is 24.7 Å². The van der Waals surface area contributed by atoms with Crippen molar-refractivity contribution in [3.63, 3.8) is 0 Å². The summed E-state index contributed by atoms with van der Waals surface area (Å²) in [7, 11) is -2.43. The molecule has 1 aliphatic heterocycles. The number of nitrogens with zero attached hydrogens (tertiary/aromatic N) is 3. The van der Waals surface area contributed by atoms with Crippen LogP contribution >= 0.6 is 7.75 Å². The summed E-state index contributed by atoms with van der Waals surface area (Å²) in [4.78, 5) is 14.6. The minimum atomic E-state index is -3.69. The first-order valence-corrected chi connectivity index (χ1v) is 11.1. The average Bonchev–Trinajstić information content (AvgIpc) is 3.07. The topological polar surface area (TPSA) is 79.6 Å². The minimum absolute atomic E-state index is 0.131. The van der Waals surface area contributed by atoms with Gasteiger partial charge in [-0.25, -0.2) is 18.6 Å². The summed E-state index contributed by atoms with van der Waals surface area (Å²) in [5.74, 6) is 0.486. The third-order valence-electron chi connectivity index (χ3n) is 5.31. The van der Waals surface area contributed by atoms with Gasteiger partial charge in [0, 0.05) is 26.2 Å². The van der Waals surface area contributed by atoms with Crippen LogP contribution in [-0.2, 0) is 15.6 Å². The van der Waals surface area contributed by atoms with Crippen LogP contribution in [0.1, 0.15) is 18.4 Å². The molecule has 1 saturated heterocycles. The van der Waals surface area contributed by atoms with Crippen molar-refractivity contribution < 1.29 is 18.4 Å². The van der Waals surface area contributed by atoms with Crippen LogP contribution in [0.4, 0.5) is 10.3 Å². The normalized spacial score (nSPS) is 18.0. The molecule has 0 aliphatic carbocycles. The number of hydrogen-bond acceptors (Lipinski definition) is 4. The highest BCUT2D eigenvalue weighted by Gasteiger charge is 2.32. The Morgan fingerprint density at radius 1 is 1.21 bits per heavy atom. The summed E-state index contributed by atoms with van der Waals surface area (Å²) in [5, 5.41) is 3.50. The van der Waals surface area contributed by atoms with E-state index in [2.05, 4.69) is 9.88 Å². The fraction of sp³-hybridized carbons (Fsp3) is 0.350. The van der Waals surface area contributed by atoms with Crippen LogP contribution in [0.3, 0.4) is 0 Å². The number of halogens is 1. The molecule has 2 heterocycles. The lowest BCUT2D eigenvalue weighted by Crippen LogP contribution is -2.38. The van der Waals surface area contributed by atoms with Crippen LogP contribution in [0.2, 0.25) is 0 Å². The zero-order valence-corrected chi connectivity index (χ0v) is 17.1. The van der Waals surface area contributed by atoms with Gasteiger partial charge in [-0.1, -0.05) is 24.3 Å². The molecule has 0 amide bonds. The van der Waals surface area contributed by atoms with Crippen molar-refractivity contribution in [2.75, 3.05) is 25.5 Å². The van der Waals surface area contributed by atoms with Crippen molar-refractivity contribution in [2.24, 2.45) is 0 Å². The summed E-state index contributed by atoms with van der Waals surface area (Å²) in [5.41, 5.74) is 2.86. The van der Waals surface area contributed by atoms with Crippen LogP contribution in [-0.4, -0.2) is 45.4 Å². The third-order valence-corrected chi connectivity index (χ3v) is 6.90. The summed E-state index contributed by atoms with van der Waals surface area (Å²) >= 11 is 0. The molecule has 154 valence electrons. The second-order valence-electron chi connectivity index (χ2n) is 7.18. The van der Waals surface area contributed by atoms with Gasteiger partial charge in [-0.2, -0.15) is 0 Å². The largest absolute Gasteiger partial charge is 0.405 e. The number of fused-ring (bicyclic) bond motifs is 1. The second kappa shape index (κ2) is 8.24. The lowest BCUT2D eigenvalue weighted by Gasteiger charge is -2.33. The van der Waals surface area contributed by atoms with Crippen molar-refractivity contribution in [1.29, 1.82) is 0 Å². The molecule has 9 heteroatoms. The third kappa shape index (κ3) is 4.36. The van der Waals surface area contributed by atoms with Crippen LogP contribution in [0.25, 0.3) is 11.0 Å². The molecule has 1 aliphatic rings. The Hall–Kier alpha value is -2.25. The maximum absolute atomic E-state index is 13.3. The highest BCUT2D eigenvalue weighted by molar-refractivity contribution is 7.50. The molecule has 0 bridgehead atoms. The van der Waals surface area contributed by atoms with Gasteiger partial charge in [0.25, 0.3) is 0 Å². The predicted molar refractivity (Wildman–Crippen MR) is 110 cm³/mol. The Kier molecular flexibility index (Phi) is 5.69. The van der Waals surface area contributed by atoms with E-state index in [1.54, 1.807) is 12.1 Å². The van der Waals surface area contributed by atoms with E-state index in [0.29, 0.717) is 32.5 Å². The van der Waals surface area contributed by atoms with Crippen molar-refractivity contribution in [3.8, 4) is 0 Å². The standard InChI is InChI=1S/C20H24FN4O3P/c1-28-29(26,27)24-12-10-17(11-13-24)22-20-23-18-4-2-3-5-19(18)25(20)14-15-6-8-16(21)9-7-15/h2-9,17H,10-14H2,1H3,(H,22,23)(H,26,27). The van der Waals surface area contributed by atoms with Gasteiger partial charge in [0.2, 0.25) is 5.95 Å². The Morgan fingerprint density at radius 3 is 2.59 bits per heavy atom. The zero-order chi connectivity index (χ0) is 20.4. The van der Waals surface area contributed by atoms with Gasteiger partial charge in [0.15, 0.2) is 0 Å². The van der Waals surface area contributed by atoms with Crippen molar-refractivity contribution in [1.82, 2.24) is 14.2 Å². The van der Waals surface area contributed by atoms with E-state index in [1.165, 1.54) is 23.9 Å². The molecule has 29 heavy (non-hydrogen) atoms. The maximum Gasteiger partial charge on any atom is 0.405 e. The highest BCUT2D eigenvalue weighted by atomic mass is 31.2. The fourth-order valence-electron chi connectivity index (χ4n) is 3.68. The summed E-state index contributed by atoms with van der Waals surface area (Å²) in [6, 6.07) is 14.5. The number of para-hydroxylation sites is 2. The number of aromatic nitrogens is 2. The van der Waals surface area contributed by atoms with Gasteiger partial charge < -0.3 is 19.3 Å². The molecule has 4 rings (SSSR count). The Bertz CT molecular complexity index is 1030. The van der Waals surface area contributed by atoms with Gasteiger partial charge in [-0.15, -0.1) is 0 Å². The summed E-state index contributed by atoms with van der Waals surface area (Å²) < 4.78 is 33.6. The minimum Gasteiger partial charge on any atom is -0.353 e. The molecule has 7 nitrogen and oxygen atoms in total. The van der Waals surface area contributed by atoms with Gasteiger partial charge in [-0.05, 0) is 42.7 Å². The first-order valence-electron chi connectivity index (χ1n) is 9.56.